The molecule has 2 unspecified atom stereocenters. The van der Waals surface area contributed by atoms with E-state index >= 15 is 0 Å². The molecule has 2 fully saturated rings. The van der Waals surface area contributed by atoms with Crippen molar-refractivity contribution in [3.8, 4) is 0 Å². The van der Waals surface area contributed by atoms with Gasteiger partial charge in [-0.1, -0.05) is 26.7 Å². The smallest absolute Gasteiger partial charge is 0.0102 e. The molecular formula is C13H25N. The first-order valence-corrected chi connectivity index (χ1v) is 6.59. The molecule has 0 spiro atoms. The first kappa shape index (κ1) is 10.5. The van der Waals surface area contributed by atoms with Crippen LogP contribution in [0.15, 0.2) is 0 Å². The monoisotopic (exact) mass is 195 g/mol. The highest BCUT2D eigenvalue weighted by Gasteiger charge is 2.36. The zero-order valence-corrected chi connectivity index (χ0v) is 9.76. The third kappa shape index (κ3) is 2.50. The van der Waals surface area contributed by atoms with E-state index in [1.165, 1.54) is 44.9 Å². The molecule has 82 valence electrons. The lowest BCUT2D eigenvalue weighted by Crippen LogP contribution is -2.35. The van der Waals surface area contributed by atoms with Gasteiger partial charge in [0.2, 0.25) is 0 Å². The van der Waals surface area contributed by atoms with Crippen LogP contribution < -0.4 is 5.32 Å². The molecule has 0 aromatic heterocycles. The molecule has 2 atom stereocenters. The second kappa shape index (κ2) is 4.65. The Morgan fingerprint density at radius 2 is 1.71 bits per heavy atom. The van der Waals surface area contributed by atoms with Gasteiger partial charge in [0, 0.05) is 12.1 Å². The van der Waals surface area contributed by atoms with Crippen LogP contribution in [0.25, 0.3) is 0 Å². The maximum Gasteiger partial charge on any atom is 0.0102 e. The van der Waals surface area contributed by atoms with Crippen LogP contribution in [0.2, 0.25) is 0 Å². The maximum atomic E-state index is 3.84. The molecule has 1 nitrogen and oxygen atoms in total. The summed E-state index contributed by atoms with van der Waals surface area (Å²) in [7, 11) is 0. The molecular weight excluding hydrogens is 170 g/mol. The van der Waals surface area contributed by atoms with E-state index < -0.39 is 0 Å². The van der Waals surface area contributed by atoms with Crippen molar-refractivity contribution in [1.29, 1.82) is 0 Å². The second-order valence-electron chi connectivity index (χ2n) is 5.30. The van der Waals surface area contributed by atoms with Crippen LogP contribution in [0, 0.1) is 11.8 Å². The predicted octanol–water partition coefficient (Wildman–Crippen LogP) is 3.34. The topological polar surface area (TPSA) is 12.0 Å². The van der Waals surface area contributed by atoms with E-state index in [0.29, 0.717) is 0 Å². The Morgan fingerprint density at radius 3 is 2.21 bits per heavy atom. The number of rotatable bonds is 4. The zero-order valence-electron chi connectivity index (χ0n) is 9.76. The molecule has 1 N–H and O–H groups in total. The average molecular weight is 195 g/mol. The van der Waals surface area contributed by atoms with Crippen LogP contribution in [0.1, 0.15) is 58.8 Å². The lowest BCUT2D eigenvalue weighted by atomic mass is 9.84. The Labute approximate surface area is 88.7 Å². The largest absolute Gasteiger partial charge is 0.311 e. The average Bonchev–Trinajstić information content (AvgIpc) is 2.98. The van der Waals surface area contributed by atoms with Crippen LogP contribution in [0.5, 0.6) is 0 Å². The van der Waals surface area contributed by atoms with E-state index in [-0.39, 0.29) is 0 Å². The summed E-state index contributed by atoms with van der Waals surface area (Å²) in [5, 5.41) is 3.84. The van der Waals surface area contributed by atoms with Crippen molar-refractivity contribution in [1.82, 2.24) is 5.32 Å². The summed E-state index contributed by atoms with van der Waals surface area (Å²) in [5.74, 6) is 2.05. The second-order valence-corrected chi connectivity index (χ2v) is 5.30. The van der Waals surface area contributed by atoms with Crippen LogP contribution in [-0.4, -0.2) is 12.1 Å². The minimum absolute atomic E-state index is 0.861. The Kier molecular flexibility index (Phi) is 3.48. The van der Waals surface area contributed by atoms with Gasteiger partial charge in [-0.25, -0.2) is 0 Å². The molecule has 2 aliphatic carbocycles. The lowest BCUT2D eigenvalue weighted by Gasteiger charge is -2.28. The molecule has 0 aliphatic heterocycles. The van der Waals surface area contributed by atoms with Gasteiger partial charge in [0.1, 0.15) is 0 Å². The van der Waals surface area contributed by atoms with Crippen LogP contribution in [0.4, 0.5) is 0 Å². The number of hydrogen-bond donors (Lipinski definition) is 1. The van der Waals surface area contributed by atoms with Crippen molar-refractivity contribution in [3.63, 3.8) is 0 Å². The highest BCUT2D eigenvalue weighted by Crippen LogP contribution is 2.35. The normalized spacial score (nSPS) is 42.4. The van der Waals surface area contributed by atoms with E-state index in [4.69, 9.17) is 0 Å². The lowest BCUT2D eigenvalue weighted by molar-refractivity contribution is 0.282. The van der Waals surface area contributed by atoms with Crippen LogP contribution >= 0.6 is 0 Å². The Morgan fingerprint density at radius 1 is 1.00 bits per heavy atom. The SMILES string of the molecule is CCC1CCC(NC2CC2CC)CC1. The van der Waals surface area contributed by atoms with Gasteiger partial charge in [-0.05, 0) is 43.9 Å². The first-order chi connectivity index (χ1) is 6.83. The molecule has 0 radical (unpaired) electrons. The molecule has 0 aromatic carbocycles. The van der Waals surface area contributed by atoms with Gasteiger partial charge >= 0.3 is 0 Å². The maximum absolute atomic E-state index is 3.84. The minimum atomic E-state index is 0.861. The quantitative estimate of drug-likeness (QED) is 0.725. The van der Waals surface area contributed by atoms with Crippen molar-refractivity contribution in [2.24, 2.45) is 11.8 Å². The fraction of sp³-hybridized carbons (Fsp3) is 1.00. The number of hydrogen-bond acceptors (Lipinski definition) is 1. The molecule has 2 saturated carbocycles. The van der Waals surface area contributed by atoms with Crippen LogP contribution in [0.3, 0.4) is 0 Å². The summed E-state index contributed by atoms with van der Waals surface area (Å²) >= 11 is 0. The Balaban J connectivity index is 1.64. The van der Waals surface area contributed by atoms with E-state index in [9.17, 15) is 0 Å². The Bertz CT molecular complexity index is 170. The molecule has 0 amide bonds. The fourth-order valence-electron chi connectivity index (χ4n) is 2.94. The highest BCUT2D eigenvalue weighted by atomic mass is 15.0. The van der Waals surface area contributed by atoms with Crippen molar-refractivity contribution in [2.75, 3.05) is 0 Å². The molecule has 0 heterocycles. The Hall–Kier alpha value is -0.0400. The standard InChI is InChI=1S/C13H25N/c1-3-10-5-7-12(8-6-10)14-13-9-11(13)4-2/h10-14H,3-9H2,1-2H3. The van der Waals surface area contributed by atoms with E-state index in [1.54, 1.807) is 0 Å². The fourth-order valence-corrected chi connectivity index (χ4v) is 2.94. The summed E-state index contributed by atoms with van der Waals surface area (Å²) < 4.78 is 0. The molecule has 0 bridgehead atoms. The van der Waals surface area contributed by atoms with E-state index in [1.807, 2.05) is 0 Å². The minimum Gasteiger partial charge on any atom is -0.311 e. The summed E-state index contributed by atoms with van der Waals surface area (Å²) in [6.45, 7) is 4.66. The molecule has 0 aromatic rings. The van der Waals surface area contributed by atoms with Gasteiger partial charge in [0.05, 0.1) is 0 Å². The van der Waals surface area contributed by atoms with Gasteiger partial charge in [-0.3, -0.25) is 0 Å². The molecule has 0 saturated heterocycles. The van der Waals surface area contributed by atoms with Crippen molar-refractivity contribution in [2.45, 2.75) is 70.9 Å². The molecule has 2 aliphatic rings. The van der Waals surface area contributed by atoms with Gasteiger partial charge < -0.3 is 5.32 Å². The molecule has 1 heteroatoms. The van der Waals surface area contributed by atoms with Gasteiger partial charge in [-0.2, -0.15) is 0 Å². The van der Waals surface area contributed by atoms with Gasteiger partial charge in [0.15, 0.2) is 0 Å². The summed E-state index contributed by atoms with van der Waals surface area (Å²) in [6.07, 6.45) is 10.0. The van der Waals surface area contributed by atoms with Crippen molar-refractivity contribution >= 4 is 0 Å². The van der Waals surface area contributed by atoms with E-state index in [2.05, 4.69) is 19.2 Å². The summed E-state index contributed by atoms with van der Waals surface area (Å²) in [6, 6.07) is 1.75. The third-order valence-electron chi connectivity index (χ3n) is 4.32. The van der Waals surface area contributed by atoms with Gasteiger partial charge in [-0.15, -0.1) is 0 Å². The van der Waals surface area contributed by atoms with Crippen molar-refractivity contribution < 1.29 is 0 Å². The van der Waals surface area contributed by atoms with Gasteiger partial charge in [0.25, 0.3) is 0 Å². The first-order valence-electron chi connectivity index (χ1n) is 6.59. The third-order valence-corrected chi connectivity index (χ3v) is 4.32. The molecule has 2 rings (SSSR count). The van der Waals surface area contributed by atoms with Crippen molar-refractivity contribution in [3.05, 3.63) is 0 Å². The van der Waals surface area contributed by atoms with E-state index in [0.717, 1.165) is 23.9 Å². The zero-order chi connectivity index (χ0) is 9.97. The number of nitrogens with one attached hydrogen (secondary N) is 1. The summed E-state index contributed by atoms with van der Waals surface area (Å²) in [4.78, 5) is 0. The molecule has 14 heavy (non-hydrogen) atoms. The highest BCUT2D eigenvalue weighted by molar-refractivity contribution is 4.94. The summed E-state index contributed by atoms with van der Waals surface area (Å²) in [5.41, 5.74) is 0. The van der Waals surface area contributed by atoms with Crippen LogP contribution in [-0.2, 0) is 0 Å². The predicted molar refractivity (Wildman–Crippen MR) is 61.4 cm³/mol.